The summed E-state index contributed by atoms with van der Waals surface area (Å²) in [5, 5.41) is -1.62. The Labute approximate surface area is 102 Å². The molecule has 2 N–H and O–H groups in total. The monoisotopic (exact) mass is 265 g/mol. The summed E-state index contributed by atoms with van der Waals surface area (Å²) in [5.74, 6) is 0.528. The zero-order chi connectivity index (χ0) is 13.1. The summed E-state index contributed by atoms with van der Waals surface area (Å²) >= 11 is 0.703. The molecule has 2 atom stereocenters. The predicted molar refractivity (Wildman–Crippen MR) is 62.3 cm³/mol. The SMILES string of the molecule is COc1cccc(SC(C(C)N)C(F)(F)F)c1. The summed E-state index contributed by atoms with van der Waals surface area (Å²) in [6.45, 7) is 1.35. The van der Waals surface area contributed by atoms with E-state index in [4.69, 9.17) is 10.5 Å². The fourth-order valence-corrected chi connectivity index (χ4v) is 2.28. The van der Waals surface area contributed by atoms with E-state index in [-0.39, 0.29) is 0 Å². The van der Waals surface area contributed by atoms with Crippen LogP contribution < -0.4 is 10.5 Å². The van der Waals surface area contributed by atoms with Crippen LogP contribution in [0.25, 0.3) is 0 Å². The molecule has 0 spiro atoms. The second-order valence-electron chi connectivity index (χ2n) is 3.62. The lowest BCUT2D eigenvalue weighted by molar-refractivity contribution is -0.131. The maximum absolute atomic E-state index is 12.7. The van der Waals surface area contributed by atoms with E-state index in [2.05, 4.69) is 0 Å². The first kappa shape index (κ1) is 14.2. The molecule has 1 aromatic rings. The molecule has 0 amide bonds. The zero-order valence-electron chi connectivity index (χ0n) is 9.49. The molecule has 0 aliphatic carbocycles. The molecule has 0 fully saturated rings. The third-order valence-electron chi connectivity index (χ3n) is 2.10. The highest BCUT2D eigenvalue weighted by Crippen LogP contribution is 2.37. The molecule has 96 valence electrons. The Balaban J connectivity index is 2.86. The number of nitrogens with two attached hydrogens (primary N) is 1. The van der Waals surface area contributed by atoms with Gasteiger partial charge in [-0.15, -0.1) is 11.8 Å². The minimum atomic E-state index is -4.32. The average molecular weight is 265 g/mol. The molecule has 6 heteroatoms. The molecular formula is C11H14F3NOS. The van der Waals surface area contributed by atoms with Crippen LogP contribution in [-0.2, 0) is 0 Å². The molecule has 0 saturated heterocycles. The lowest BCUT2D eigenvalue weighted by atomic mass is 10.2. The number of hydrogen-bond acceptors (Lipinski definition) is 3. The zero-order valence-corrected chi connectivity index (χ0v) is 10.3. The first-order chi connectivity index (χ1) is 7.84. The maximum atomic E-state index is 12.7. The second-order valence-corrected chi connectivity index (χ2v) is 4.83. The van der Waals surface area contributed by atoms with E-state index in [1.807, 2.05) is 0 Å². The van der Waals surface area contributed by atoms with Gasteiger partial charge in [0.15, 0.2) is 0 Å². The Kier molecular flexibility index (Phi) is 4.70. The Morgan fingerprint density at radius 2 is 2.00 bits per heavy atom. The lowest BCUT2D eigenvalue weighted by Crippen LogP contribution is -2.40. The van der Waals surface area contributed by atoms with Crippen LogP contribution >= 0.6 is 11.8 Å². The number of halogens is 3. The van der Waals surface area contributed by atoms with Gasteiger partial charge >= 0.3 is 6.18 Å². The molecule has 0 saturated carbocycles. The number of rotatable bonds is 4. The molecule has 0 radical (unpaired) electrons. The number of alkyl halides is 3. The van der Waals surface area contributed by atoms with Gasteiger partial charge in [-0.05, 0) is 25.1 Å². The van der Waals surface area contributed by atoms with Gasteiger partial charge in [0.05, 0.1) is 7.11 Å². The van der Waals surface area contributed by atoms with Gasteiger partial charge in [0.2, 0.25) is 0 Å². The van der Waals surface area contributed by atoms with Gasteiger partial charge in [-0.3, -0.25) is 0 Å². The Bertz CT molecular complexity index is 368. The molecule has 1 rings (SSSR count). The smallest absolute Gasteiger partial charge is 0.402 e. The molecule has 17 heavy (non-hydrogen) atoms. The molecule has 0 aliphatic heterocycles. The van der Waals surface area contributed by atoms with Crippen molar-refractivity contribution in [3.63, 3.8) is 0 Å². The normalized spacial score (nSPS) is 15.4. The van der Waals surface area contributed by atoms with Crippen molar-refractivity contribution in [2.75, 3.05) is 7.11 Å². The van der Waals surface area contributed by atoms with Gasteiger partial charge in [0.1, 0.15) is 11.0 Å². The van der Waals surface area contributed by atoms with E-state index < -0.39 is 17.5 Å². The fourth-order valence-electron chi connectivity index (χ4n) is 1.29. The predicted octanol–water partition coefficient (Wildman–Crippen LogP) is 3.07. The molecule has 0 aliphatic rings. The summed E-state index contributed by atoms with van der Waals surface area (Å²) in [5.41, 5.74) is 5.37. The van der Waals surface area contributed by atoms with Gasteiger partial charge in [0.25, 0.3) is 0 Å². The topological polar surface area (TPSA) is 35.2 Å². The van der Waals surface area contributed by atoms with Gasteiger partial charge in [0, 0.05) is 10.9 Å². The highest BCUT2D eigenvalue weighted by Gasteiger charge is 2.42. The summed E-state index contributed by atoms with van der Waals surface area (Å²) in [6, 6.07) is 5.53. The maximum Gasteiger partial charge on any atom is 0.402 e. The highest BCUT2D eigenvalue weighted by molar-refractivity contribution is 8.00. The highest BCUT2D eigenvalue weighted by atomic mass is 32.2. The lowest BCUT2D eigenvalue weighted by Gasteiger charge is -2.23. The molecule has 0 bridgehead atoms. The van der Waals surface area contributed by atoms with Crippen LogP contribution in [0.4, 0.5) is 13.2 Å². The van der Waals surface area contributed by atoms with Crippen molar-refractivity contribution in [2.24, 2.45) is 5.73 Å². The van der Waals surface area contributed by atoms with Gasteiger partial charge < -0.3 is 10.5 Å². The van der Waals surface area contributed by atoms with Gasteiger partial charge in [-0.2, -0.15) is 13.2 Å². The minimum absolute atomic E-state index is 0.490. The van der Waals surface area contributed by atoms with Crippen LogP contribution in [-0.4, -0.2) is 24.6 Å². The largest absolute Gasteiger partial charge is 0.497 e. The van der Waals surface area contributed by atoms with Crippen molar-refractivity contribution in [3.05, 3.63) is 24.3 Å². The number of ether oxygens (including phenoxy) is 1. The fraction of sp³-hybridized carbons (Fsp3) is 0.455. The first-order valence-electron chi connectivity index (χ1n) is 4.97. The summed E-state index contributed by atoms with van der Waals surface area (Å²) in [4.78, 5) is 0.490. The van der Waals surface area contributed by atoms with E-state index in [1.165, 1.54) is 14.0 Å². The number of methoxy groups -OCH3 is 1. The Morgan fingerprint density at radius 1 is 1.35 bits per heavy atom. The van der Waals surface area contributed by atoms with Crippen LogP contribution in [0, 0.1) is 0 Å². The van der Waals surface area contributed by atoms with Crippen molar-refractivity contribution in [2.45, 2.75) is 29.3 Å². The van der Waals surface area contributed by atoms with Crippen LogP contribution in [0.5, 0.6) is 5.75 Å². The molecule has 0 heterocycles. The van der Waals surface area contributed by atoms with Gasteiger partial charge in [-0.1, -0.05) is 6.07 Å². The summed E-state index contributed by atoms with van der Waals surface area (Å²) in [7, 11) is 1.47. The molecule has 0 aromatic heterocycles. The van der Waals surface area contributed by atoms with Crippen molar-refractivity contribution >= 4 is 11.8 Å². The van der Waals surface area contributed by atoms with E-state index in [0.717, 1.165) is 0 Å². The molecule has 1 aromatic carbocycles. The van der Waals surface area contributed by atoms with Crippen molar-refractivity contribution in [3.8, 4) is 5.75 Å². The van der Waals surface area contributed by atoms with Crippen molar-refractivity contribution in [1.29, 1.82) is 0 Å². The summed E-state index contributed by atoms with van der Waals surface area (Å²) < 4.78 is 43.1. The third-order valence-corrected chi connectivity index (χ3v) is 3.58. The number of thioether (sulfide) groups is 1. The van der Waals surface area contributed by atoms with E-state index in [9.17, 15) is 13.2 Å². The Hall–Kier alpha value is -0.880. The van der Waals surface area contributed by atoms with Crippen molar-refractivity contribution in [1.82, 2.24) is 0 Å². The van der Waals surface area contributed by atoms with E-state index in [0.29, 0.717) is 22.4 Å². The quantitative estimate of drug-likeness (QED) is 0.850. The van der Waals surface area contributed by atoms with Crippen LogP contribution in [0.15, 0.2) is 29.2 Å². The van der Waals surface area contributed by atoms with E-state index in [1.54, 1.807) is 24.3 Å². The summed E-state index contributed by atoms with van der Waals surface area (Å²) in [6.07, 6.45) is -4.32. The minimum Gasteiger partial charge on any atom is -0.497 e. The standard InChI is InChI=1S/C11H14F3NOS/c1-7(15)10(11(12,13)14)17-9-5-3-4-8(6-9)16-2/h3-7,10H,15H2,1-2H3. The number of benzene rings is 1. The molecular weight excluding hydrogens is 251 g/mol. The second kappa shape index (κ2) is 5.64. The molecule has 2 unspecified atom stereocenters. The van der Waals surface area contributed by atoms with Crippen molar-refractivity contribution < 1.29 is 17.9 Å². The van der Waals surface area contributed by atoms with Crippen LogP contribution in [0.2, 0.25) is 0 Å². The number of hydrogen-bond donors (Lipinski definition) is 1. The van der Waals surface area contributed by atoms with Crippen LogP contribution in [0.1, 0.15) is 6.92 Å². The Morgan fingerprint density at radius 3 is 2.47 bits per heavy atom. The third kappa shape index (κ3) is 4.12. The molecule has 2 nitrogen and oxygen atoms in total. The average Bonchev–Trinajstić information content (AvgIpc) is 2.24. The van der Waals surface area contributed by atoms with Crippen LogP contribution in [0.3, 0.4) is 0 Å². The first-order valence-corrected chi connectivity index (χ1v) is 5.85. The van der Waals surface area contributed by atoms with Gasteiger partial charge in [-0.25, -0.2) is 0 Å². The van der Waals surface area contributed by atoms with E-state index >= 15 is 0 Å².